The van der Waals surface area contributed by atoms with Gasteiger partial charge < -0.3 is 10.5 Å². The van der Waals surface area contributed by atoms with E-state index in [2.05, 4.69) is 13.0 Å². The molecule has 0 heterocycles. The number of hydrogen-bond acceptors (Lipinski definition) is 2. The van der Waals surface area contributed by atoms with Gasteiger partial charge in [-0.1, -0.05) is 17.7 Å². The van der Waals surface area contributed by atoms with E-state index >= 15 is 0 Å². The van der Waals surface area contributed by atoms with Gasteiger partial charge in [-0.3, -0.25) is 0 Å². The molecule has 0 fully saturated rings. The average Bonchev–Trinajstić information content (AvgIpc) is 2.35. The van der Waals surface area contributed by atoms with Gasteiger partial charge in [-0.2, -0.15) is 0 Å². The first-order valence-electron chi connectivity index (χ1n) is 6.33. The maximum Gasteiger partial charge on any atom is 0.127 e. The number of benzene rings is 2. The summed E-state index contributed by atoms with van der Waals surface area (Å²) in [7, 11) is 0. The fourth-order valence-corrected chi connectivity index (χ4v) is 2.07. The van der Waals surface area contributed by atoms with E-state index in [1.54, 1.807) is 0 Å². The van der Waals surface area contributed by atoms with E-state index in [4.69, 9.17) is 22.1 Å². The van der Waals surface area contributed by atoms with E-state index in [0.29, 0.717) is 5.02 Å². The quantitative estimate of drug-likeness (QED) is 0.901. The number of rotatable bonds is 4. The molecule has 2 aromatic rings. The van der Waals surface area contributed by atoms with E-state index in [1.165, 1.54) is 11.1 Å². The van der Waals surface area contributed by atoms with Crippen molar-refractivity contribution in [3.8, 4) is 11.5 Å². The minimum atomic E-state index is 0.168. The molecular formula is C16H18ClNO. The zero-order chi connectivity index (χ0) is 13.8. The average molecular weight is 276 g/mol. The second-order valence-corrected chi connectivity index (χ2v) is 5.26. The predicted molar refractivity (Wildman–Crippen MR) is 80.1 cm³/mol. The second kappa shape index (κ2) is 6.09. The van der Waals surface area contributed by atoms with Gasteiger partial charge >= 0.3 is 0 Å². The van der Waals surface area contributed by atoms with Gasteiger partial charge in [0.15, 0.2) is 0 Å². The highest BCUT2D eigenvalue weighted by atomic mass is 35.5. The Kier molecular flexibility index (Phi) is 4.46. The van der Waals surface area contributed by atoms with Gasteiger partial charge in [0, 0.05) is 11.1 Å². The van der Waals surface area contributed by atoms with Crippen LogP contribution in [0.4, 0.5) is 0 Å². The van der Waals surface area contributed by atoms with E-state index in [-0.39, 0.29) is 6.04 Å². The molecule has 0 amide bonds. The summed E-state index contributed by atoms with van der Waals surface area (Å²) < 4.78 is 5.78. The molecular weight excluding hydrogens is 258 g/mol. The van der Waals surface area contributed by atoms with Crippen LogP contribution in [0.3, 0.4) is 0 Å². The minimum Gasteiger partial charge on any atom is -0.457 e. The molecule has 0 radical (unpaired) electrons. The Morgan fingerprint density at radius 1 is 1.11 bits per heavy atom. The smallest absolute Gasteiger partial charge is 0.127 e. The molecule has 0 spiro atoms. The molecule has 19 heavy (non-hydrogen) atoms. The Morgan fingerprint density at radius 2 is 1.74 bits per heavy atom. The lowest BCUT2D eigenvalue weighted by atomic mass is 10.0. The zero-order valence-electron chi connectivity index (χ0n) is 11.2. The summed E-state index contributed by atoms with van der Waals surface area (Å²) in [5, 5.41) is 0.704. The van der Waals surface area contributed by atoms with Crippen LogP contribution >= 0.6 is 11.6 Å². The highest BCUT2D eigenvalue weighted by molar-refractivity contribution is 6.30. The molecule has 1 unspecified atom stereocenters. The first kappa shape index (κ1) is 13.9. The van der Waals surface area contributed by atoms with Crippen molar-refractivity contribution in [1.82, 2.24) is 0 Å². The van der Waals surface area contributed by atoms with Crippen molar-refractivity contribution in [2.75, 3.05) is 0 Å². The van der Waals surface area contributed by atoms with Crippen molar-refractivity contribution in [3.63, 3.8) is 0 Å². The van der Waals surface area contributed by atoms with Crippen LogP contribution in [0.5, 0.6) is 11.5 Å². The van der Waals surface area contributed by atoms with E-state index in [1.807, 2.05) is 43.3 Å². The normalized spacial score (nSPS) is 12.2. The molecule has 1 atom stereocenters. The summed E-state index contributed by atoms with van der Waals surface area (Å²) in [6, 6.07) is 13.6. The van der Waals surface area contributed by atoms with Crippen molar-refractivity contribution in [2.24, 2.45) is 5.73 Å². The van der Waals surface area contributed by atoms with Gasteiger partial charge in [-0.15, -0.1) is 0 Å². The Labute approximate surface area is 119 Å². The number of ether oxygens (including phenoxy) is 1. The topological polar surface area (TPSA) is 35.2 Å². The summed E-state index contributed by atoms with van der Waals surface area (Å²) in [6.07, 6.45) is 0.882. The lowest BCUT2D eigenvalue weighted by Crippen LogP contribution is -2.18. The Bertz CT molecular complexity index is 549. The first-order chi connectivity index (χ1) is 9.04. The summed E-state index contributed by atoms with van der Waals surface area (Å²) in [5.74, 6) is 1.61. The zero-order valence-corrected chi connectivity index (χ0v) is 11.9. The molecule has 0 aliphatic heterocycles. The molecule has 2 N–H and O–H groups in total. The van der Waals surface area contributed by atoms with E-state index < -0.39 is 0 Å². The summed E-state index contributed by atoms with van der Waals surface area (Å²) in [6.45, 7) is 4.09. The third-order valence-electron chi connectivity index (χ3n) is 2.91. The van der Waals surface area contributed by atoms with Crippen molar-refractivity contribution in [3.05, 3.63) is 58.6 Å². The van der Waals surface area contributed by atoms with Crippen LogP contribution in [-0.2, 0) is 6.42 Å². The molecule has 2 rings (SSSR count). The fraction of sp³-hybridized carbons (Fsp3) is 0.250. The third-order valence-corrected chi connectivity index (χ3v) is 3.16. The van der Waals surface area contributed by atoms with Gasteiger partial charge in [0.05, 0.1) is 0 Å². The summed E-state index contributed by atoms with van der Waals surface area (Å²) in [4.78, 5) is 0. The Morgan fingerprint density at radius 3 is 2.32 bits per heavy atom. The van der Waals surface area contributed by atoms with Crippen LogP contribution in [0.15, 0.2) is 42.5 Å². The Balaban J connectivity index is 2.13. The largest absolute Gasteiger partial charge is 0.457 e. The lowest BCUT2D eigenvalue weighted by Gasteiger charge is -2.11. The van der Waals surface area contributed by atoms with Crippen LogP contribution < -0.4 is 10.5 Å². The van der Waals surface area contributed by atoms with Gasteiger partial charge in [-0.25, -0.2) is 0 Å². The molecule has 2 aromatic carbocycles. The van der Waals surface area contributed by atoms with Crippen molar-refractivity contribution < 1.29 is 4.74 Å². The van der Waals surface area contributed by atoms with Crippen molar-refractivity contribution in [1.29, 1.82) is 0 Å². The van der Waals surface area contributed by atoms with E-state index in [0.717, 1.165) is 17.9 Å². The standard InChI is InChI=1S/C16H18ClNO/c1-11-9-16(6-3-13(11)10-12(2)18)19-15-7-4-14(17)5-8-15/h3-9,12H,10,18H2,1-2H3. The molecule has 2 nitrogen and oxygen atoms in total. The highest BCUT2D eigenvalue weighted by Crippen LogP contribution is 2.25. The molecule has 0 aromatic heterocycles. The highest BCUT2D eigenvalue weighted by Gasteiger charge is 2.04. The van der Waals surface area contributed by atoms with Gasteiger partial charge in [0.1, 0.15) is 11.5 Å². The van der Waals surface area contributed by atoms with Gasteiger partial charge in [-0.05, 0) is 67.8 Å². The van der Waals surface area contributed by atoms with E-state index in [9.17, 15) is 0 Å². The van der Waals surface area contributed by atoms with Crippen LogP contribution in [0.2, 0.25) is 5.02 Å². The molecule has 0 bridgehead atoms. The predicted octanol–water partition coefficient (Wildman–Crippen LogP) is 4.33. The number of aryl methyl sites for hydroxylation is 1. The fourth-order valence-electron chi connectivity index (χ4n) is 1.95. The van der Waals surface area contributed by atoms with Crippen LogP contribution in [0.1, 0.15) is 18.1 Å². The summed E-state index contributed by atoms with van der Waals surface area (Å²) in [5.41, 5.74) is 8.29. The minimum absolute atomic E-state index is 0.168. The molecule has 100 valence electrons. The molecule has 0 aliphatic rings. The summed E-state index contributed by atoms with van der Waals surface area (Å²) >= 11 is 5.84. The monoisotopic (exact) mass is 275 g/mol. The lowest BCUT2D eigenvalue weighted by molar-refractivity contribution is 0.482. The van der Waals surface area contributed by atoms with Gasteiger partial charge in [0.25, 0.3) is 0 Å². The Hall–Kier alpha value is -1.51. The SMILES string of the molecule is Cc1cc(Oc2ccc(Cl)cc2)ccc1CC(C)N. The van der Waals surface area contributed by atoms with Crippen molar-refractivity contribution in [2.45, 2.75) is 26.3 Å². The second-order valence-electron chi connectivity index (χ2n) is 4.83. The van der Waals surface area contributed by atoms with Crippen LogP contribution in [0, 0.1) is 6.92 Å². The molecule has 0 saturated heterocycles. The van der Waals surface area contributed by atoms with Crippen molar-refractivity contribution >= 4 is 11.6 Å². The number of halogens is 1. The first-order valence-corrected chi connectivity index (χ1v) is 6.71. The third kappa shape index (κ3) is 3.98. The van der Waals surface area contributed by atoms with Crippen LogP contribution in [0.25, 0.3) is 0 Å². The molecule has 3 heteroatoms. The maximum absolute atomic E-state index is 5.84. The van der Waals surface area contributed by atoms with Crippen LogP contribution in [-0.4, -0.2) is 6.04 Å². The number of hydrogen-bond donors (Lipinski definition) is 1. The van der Waals surface area contributed by atoms with Gasteiger partial charge in [0.2, 0.25) is 0 Å². The molecule has 0 saturated carbocycles. The maximum atomic E-state index is 5.84. The molecule has 0 aliphatic carbocycles. The number of nitrogens with two attached hydrogens (primary N) is 1.